The fraction of sp³-hybridized carbons (Fsp3) is 0. The standard InChI is InChI=1S/CH2O3.4Ca.Fe.Mg.2H3O4P.H2O4S/c2-1(3)4;;;;;;;3*1-5(2,3)4/h(H2,2,3,4);;;;;;;2*(H3,1,2,3,4);(H2,1,2,3,4)/q;6*+2;;;/p-10. The number of hydrogen-bond donors (Lipinski definition) is 0. The molecule has 15 nitrogen and oxygen atoms in total. The average Bonchev–Trinajstić information content (AvgIpc) is 1.66. The molecule has 0 aromatic carbocycles. The van der Waals surface area contributed by atoms with Crippen molar-refractivity contribution in [1.82, 2.24) is 0 Å². The zero-order valence-electron chi connectivity index (χ0n) is 11.8. The predicted octanol–water partition coefficient (Wildman–Crippen LogP) is -11.3. The molecule has 0 saturated carbocycles. The van der Waals surface area contributed by atoms with Gasteiger partial charge in [0, 0.05) is 10.4 Å². The molecule has 25 heavy (non-hydrogen) atoms. The first kappa shape index (κ1) is 63.2. The second kappa shape index (κ2) is 34.3. The Morgan fingerprint density at radius 1 is 0.680 bits per heavy atom. The monoisotopic (exact) mass is 586 g/mol. The molecule has 0 heterocycles. The molecule has 0 spiro atoms. The summed E-state index contributed by atoms with van der Waals surface area (Å²) in [7, 11) is -15.9. The Hall–Kier alpha value is 5.68. The molecule has 126 valence electrons. The number of carbonyl (C=O) groups is 1. The van der Waals surface area contributed by atoms with Gasteiger partial charge in [-0.25, -0.2) is 0 Å². The molecular weight excluding hydrogens is 586 g/mol. The van der Waals surface area contributed by atoms with Crippen molar-refractivity contribution in [3.8, 4) is 0 Å². The van der Waals surface area contributed by atoms with Crippen molar-refractivity contribution in [2.45, 2.75) is 0 Å². The van der Waals surface area contributed by atoms with Crippen LogP contribution in [-0.4, -0.2) is 198 Å². The van der Waals surface area contributed by atoms with E-state index in [1.807, 2.05) is 0 Å². The van der Waals surface area contributed by atoms with E-state index >= 15 is 0 Å². The van der Waals surface area contributed by atoms with Crippen molar-refractivity contribution in [2.24, 2.45) is 0 Å². The molecule has 0 aromatic rings. The van der Waals surface area contributed by atoms with Gasteiger partial charge in [0.25, 0.3) is 0 Å². The molecule has 0 aromatic heterocycles. The van der Waals surface area contributed by atoms with Gasteiger partial charge in [-0.05, 0) is 6.16 Å². The van der Waals surface area contributed by atoms with Crippen LogP contribution >= 0.6 is 15.6 Å². The molecule has 0 N–H and O–H groups in total. The molecule has 0 aliphatic heterocycles. The maximum Gasteiger partial charge on any atom is 2.00 e. The normalized spacial score (nSPS) is 8.00. The SMILES string of the molecule is O=C([O-])[O-].O=P([O-])([O-])[O-].O=P([O-])([O-])[O-].O=S(=O)([O-])[O-].[Ca+2].[Ca+2].[Ca+2].[Ca+2].[Fe+2].[Mg+2]. The minimum Gasteiger partial charge on any atom is -0.822 e. The fourth-order valence-corrected chi connectivity index (χ4v) is 0. The van der Waals surface area contributed by atoms with Gasteiger partial charge in [0.15, 0.2) is 0 Å². The molecule has 0 atom stereocenters. The van der Waals surface area contributed by atoms with Crippen LogP contribution < -0.4 is 39.6 Å². The number of hydrogen-bond acceptors (Lipinski definition) is 15. The first-order chi connectivity index (χ1) is 7.73. The van der Waals surface area contributed by atoms with Crippen LogP contribution in [0.15, 0.2) is 0 Å². The van der Waals surface area contributed by atoms with E-state index in [9.17, 15) is 0 Å². The van der Waals surface area contributed by atoms with Crippen LogP contribution in [0.3, 0.4) is 0 Å². The fourth-order valence-electron chi connectivity index (χ4n) is 0. The van der Waals surface area contributed by atoms with Gasteiger partial charge in [0.2, 0.25) is 0 Å². The second-order valence-corrected chi connectivity index (χ2v) is 4.16. The summed E-state index contributed by atoms with van der Waals surface area (Å²) < 4.78 is 51.2. The van der Waals surface area contributed by atoms with E-state index in [-0.39, 0.29) is 191 Å². The Bertz CT molecular complexity index is 384. The predicted molar refractivity (Wildman–Crippen MR) is 59.9 cm³/mol. The van der Waals surface area contributed by atoms with Gasteiger partial charge < -0.3 is 62.6 Å². The summed E-state index contributed by atoms with van der Waals surface area (Å²) >= 11 is 0. The molecule has 0 aliphatic carbocycles. The number of carbonyl (C=O) groups excluding carboxylic acids is 1. The van der Waals surface area contributed by atoms with Gasteiger partial charge in [-0.1, -0.05) is 0 Å². The topological polar surface area (TPSA) is 316 Å². The van der Waals surface area contributed by atoms with Crippen molar-refractivity contribution in [1.29, 1.82) is 0 Å². The summed E-state index contributed by atoms with van der Waals surface area (Å²) in [6, 6.07) is 0. The Labute approximate surface area is 287 Å². The van der Waals surface area contributed by atoms with Crippen LogP contribution in [0.5, 0.6) is 0 Å². The van der Waals surface area contributed by atoms with Crippen LogP contribution in [0, 0.1) is 0 Å². The maximum absolute atomic E-state index is 8.55. The van der Waals surface area contributed by atoms with Gasteiger partial charge in [0.1, 0.15) is 0 Å². The molecule has 0 bridgehead atoms. The third-order valence-corrected chi connectivity index (χ3v) is 0. The van der Waals surface area contributed by atoms with Crippen LogP contribution in [-0.2, 0) is 36.6 Å². The molecule has 0 unspecified atom stereocenters. The number of carboxylic acid groups (broad SMARTS) is 2. The third kappa shape index (κ3) is 704. The first-order valence-corrected chi connectivity index (χ1v) is 6.99. The minimum absolute atomic E-state index is 0. The van der Waals surface area contributed by atoms with Gasteiger partial charge in [-0.15, -0.1) is 0 Å². The smallest absolute Gasteiger partial charge is 0.822 e. The van der Waals surface area contributed by atoms with E-state index in [2.05, 4.69) is 0 Å². The van der Waals surface area contributed by atoms with Crippen molar-refractivity contribution < 1.29 is 88.1 Å². The van der Waals surface area contributed by atoms with Gasteiger partial charge in [-0.2, -0.15) is 15.6 Å². The first-order valence-electron chi connectivity index (χ1n) is 2.74. The van der Waals surface area contributed by atoms with Crippen LogP contribution in [0.4, 0.5) is 4.79 Å². The summed E-state index contributed by atoms with van der Waals surface area (Å²) in [5, 5.41) is 16.7. The van der Waals surface area contributed by atoms with Crippen LogP contribution in [0.2, 0.25) is 0 Å². The van der Waals surface area contributed by atoms with E-state index < -0.39 is 32.2 Å². The van der Waals surface area contributed by atoms with Crippen LogP contribution in [0.25, 0.3) is 0 Å². The molecule has 0 rings (SSSR count). The largest absolute Gasteiger partial charge is 2.00 e. The Kier molecular flexibility index (Phi) is 86.7. The number of rotatable bonds is 0. The van der Waals surface area contributed by atoms with Crippen molar-refractivity contribution in [3.63, 3.8) is 0 Å². The average molecular weight is 586 g/mol. The van der Waals surface area contributed by atoms with E-state index in [1.165, 1.54) is 0 Å². The van der Waals surface area contributed by atoms with Gasteiger partial charge in [0.05, 0.1) is 0 Å². The zero-order chi connectivity index (χ0) is 17.1. The quantitative estimate of drug-likeness (QED) is 0.110. The zero-order valence-corrected chi connectivity index (χ0v) is 25.8. The molecule has 0 saturated heterocycles. The van der Waals surface area contributed by atoms with E-state index in [0.717, 1.165) is 0 Å². The van der Waals surface area contributed by atoms with Crippen LogP contribution in [0.1, 0.15) is 0 Å². The van der Waals surface area contributed by atoms with Crippen molar-refractivity contribution >= 4 is 206 Å². The van der Waals surface area contributed by atoms with E-state index in [1.54, 1.807) is 0 Å². The molecule has 0 amide bonds. The molecule has 0 radical (unpaired) electrons. The summed E-state index contributed by atoms with van der Waals surface area (Å²) in [6.07, 6.45) is -2.33. The Morgan fingerprint density at radius 2 is 0.680 bits per heavy atom. The summed E-state index contributed by atoms with van der Waals surface area (Å²) in [6.45, 7) is 0. The number of phosphoric acid groups is 2. The summed E-state index contributed by atoms with van der Waals surface area (Å²) in [5.74, 6) is 0. The van der Waals surface area contributed by atoms with E-state index in [0.29, 0.717) is 0 Å². The van der Waals surface area contributed by atoms with Gasteiger partial charge >= 0.3 is 191 Å². The molecule has 24 heteroatoms. The summed E-state index contributed by atoms with van der Waals surface area (Å²) in [4.78, 5) is 59.6. The molecular formula is CCa4FeMgO15P2S+2. The third-order valence-electron chi connectivity index (χ3n) is 0. The van der Waals surface area contributed by atoms with Crippen molar-refractivity contribution in [2.75, 3.05) is 0 Å². The van der Waals surface area contributed by atoms with Gasteiger partial charge in [-0.3, -0.25) is 8.42 Å². The second-order valence-electron chi connectivity index (χ2n) is 1.55. The Balaban J connectivity index is -0.0000000139. The van der Waals surface area contributed by atoms with E-state index in [4.69, 9.17) is 71.0 Å². The molecule has 0 fully saturated rings. The summed E-state index contributed by atoms with van der Waals surface area (Å²) in [5.41, 5.74) is 0. The maximum atomic E-state index is 8.55. The van der Waals surface area contributed by atoms with Crippen molar-refractivity contribution in [3.05, 3.63) is 0 Å². The Morgan fingerprint density at radius 3 is 0.680 bits per heavy atom. The molecule has 0 aliphatic rings. The minimum atomic E-state index is -5.39.